The van der Waals surface area contributed by atoms with E-state index in [9.17, 15) is 9.59 Å². The molecule has 0 amide bonds. The lowest BCUT2D eigenvalue weighted by Crippen LogP contribution is -2.42. The fourth-order valence-electron chi connectivity index (χ4n) is 0.892. The highest BCUT2D eigenvalue weighted by Crippen LogP contribution is 2.04. The van der Waals surface area contributed by atoms with E-state index in [0.29, 0.717) is 6.29 Å². The van der Waals surface area contributed by atoms with Crippen LogP contribution in [0.25, 0.3) is 0 Å². The van der Waals surface area contributed by atoms with Gasteiger partial charge in [0.25, 0.3) is 0 Å². The van der Waals surface area contributed by atoms with Crippen LogP contribution in [0.5, 0.6) is 0 Å². The van der Waals surface area contributed by atoms with E-state index in [1.54, 1.807) is 11.9 Å². The Bertz CT molecular complexity index is 168. The topological polar surface area (TPSA) is 57.6 Å². The van der Waals surface area contributed by atoms with E-state index in [1.165, 1.54) is 0 Å². The maximum Gasteiger partial charge on any atom is 0.321 e. The molecule has 0 saturated carbocycles. The molecule has 0 fully saturated rings. The summed E-state index contributed by atoms with van der Waals surface area (Å²) in [6, 6.07) is -0.562. The third-order valence-electron chi connectivity index (χ3n) is 1.91. The lowest BCUT2D eigenvalue weighted by Gasteiger charge is -2.26. The maximum atomic E-state index is 10.6. The van der Waals surface area contributed by atoms with Gasteiger partial charge in [0, 0.05) is 12.5 Å². The zero-order valence-corrected chi connectivity index (χ0v) is 7.65. The molecule has 1 N–H and O–H groups in total. The smallest absolute Gasteiger partial charge is 0.321 e. The minimum absolute atomic E-state index is 0.0456. The van der Waals surface area contributed by atoms with Crippen molar-refractivity contribution in [3.8, 4) is 0 Å². The van der Waals surface area contributed by atoms with Crippen molar-refractivity contribution in [3.63, 3.8) is 0 Å². The normalized spacial score (nSPS) is 13.4. The molecule has 0 bridgehead atoms. The molecule has 0 spiro atoms. The zero-order valence-electron chi connectivity index (χ0n) is 7.65. The number of carbonyl (C=O) groups excluding carboxylic acids is 1. The number of carbonyl (C=O) groups is 2. The molecule has 0 saturated heterocycles. The van der Waals surface area contributed by atoms with Gasteiger partial charge in [-0.3, -0.25) is 9.69 Å². The fourth-order valence-corrected chi connectivity index (χ4v) is 0.892. The van der Waals surface area contributed by atoms with E-state index in [2.05, 4.69) is 0 Å². The Morgan fingerprint density at radius 3 is 2.33 bits per heavy atom. The van der Waals surface area contributed by atoms with Gasteiger partial charge in [0.1, 0.15) is 12.3 Å². The number of likely N-dealkylation sites (N-methyl/N-ethyl adjacent to an activating group) is 1. The van der Waals surface area contributed by atoms with Crippen molar-refractivity contribution in [1.82, 2.24) is 4.90 Å². The fraction of sp³-hybridized carbons (Fsp3) is 0.750. The average molecular weight is 173 g/mol. The Morgan fingerprint density at radius 1 is 1.58 bits per heavy atom. The van der Waals surface area contributed by atoms with Crippen LogP contribution in [0.15, 0.2) is 0 Å². The Balaban J connectivity index is 4.28. The zero-order chi connectivity index (χ0) is 9.72. The number of carboxylic acid groups (broad SMARTS) is 1. The van der Waals surface area contributed by atoms with Crippen molar-refractivity contribution >= 4 is 12.3 Å². The summed E-state index contributed by atoms with van der Waals surface area (Å²) in [6.45, 7) is 3.78. The number of nitrogens with zero attached hydrogens (tertiary/aromatic N) is 1. The molecule has 0 aliphatic heterocycles. The molecule has 0 aromatic rings. The van der Waals surface area contributed by atoms with E-state index >= 15 is 0 Å². The predicted octanol–water partition coefficient (Wildman–Crippen LogP) is 0.369. The highest BCUT2D eigenvalue weighted by atomic mass is 16.4. The second-order valence-electron chi connectivity index (χ2n) is 3.02. The van der Waals surface area contributed by atoms with Crippen LogP contribution in [0.2, 0.25) is 0 Å². The van der Waals surface area contributed by atoms with Crippen molar-refractivity contribution in [1.29, 1.82) is 0 Å². The van der Waals surface area contributed by atoms with Crippen LogP contribution in [-0.4, -0.2) is 41.4 Å². The molecular formula is C8H15NO3. The third-order valence-corrected chi connectivity index (χ3v) is 1.91. The van der Waals surface area contributed by atoms with E-state index < -0.39 is 12.0 Å². The first kappa shape index (κ1) is 11.1. The quantitative estimate of drug-likeness (QED) is 0.610. The number of hydrogen-bond acceptors (Lipinski definition) is 3. The van der Waals surface area contributed by atoms with Crippen LogP contribution in [0, 0.1) is 0 Å². The largest absolute Gasteiger partial charge is 0.480 e. The Kier molecular flexibility index (Phi) is 4.51. The highest BCUT2D eigenvalue weighted by molar-refractivity contribution is 5.76. The lowest BCUT2D eigenvalue weighted by atomic mass is 10.1. The molecule has 4 nitrogen and oxygen atoms in total. The standard InChI is InChI=1S/C8H15NO3/c1-6(2)9(3)7(4-5-10)8(11)12/h5-7H,4H2,1-3H3,(H,11,12). The minimum Gasteiger partial charge on any atom is -0.480 e. The average Bonchev–Trinajstić information content (AvgIpc) is 1.98. The summed E-state index contributed by atoms with van der Waals surface area (Å²) in [5.74, 6) is -0.946. The number of hydrogen-bond donors (Lipinski definition) is 1. The lowest BCUT2D eigenvalue weighted by molar-refractivity contribution is -0.144. The molecular weight excluding hydrogens is 158 g/mol. The Morgan fingerprint density at radius 2 is 2.08 bits per heavy atom. The molecule has 1 atom stereocenters. The van der Waals surface area contributed by atoms with Gasteiger partial charge in [-0.1, -0.05) is 0 Å². The summed E-state index contributed by atoms with van der Waals surface area (Å²) in [6.07, 6.45) is 0.682. The van der Waals surface area contributed by atoms with Gasteiger partial charge in [-0.2, -0.15) is 0 Å². The summed E-state index contributed by atoms with van der Waals surface area (Å²) in [5, 5.41) is 8.72. The molecule has 0 rings (SSSR count). The van der Waals surface area contributed by atoms with Crippen LogP contribution in [0.1, 0.15) is 20.3 Å². The monoisotopic (exact) mass is 173 g/mol. The van der Waals surface area contributed by atoms with Crippen LogP contribution in [0.3, 0.4) is 0 Å². The summed E-state index contributed by atoms with van der Waals surface area (Å²) in [5.41, 5.74) is 0. The van der Waals surface area contributed by atoms with Crippen LogP contribution < -0.4 is 0 Å². The van der Waals surface area contributed by atoms with E-state index in [0.717, 1.165) is 0 Å². The van der Waals surface area contributed by atoms with E-state index in [-0.39, 0.29) is 12.5 Å². The van der Waals surface area contributed by atoms with Crippen molar-refractivity contribution in [3.05, 3.63) is 0 Å². The molecule has 12 heavy (non-hydrogen) atoms. The predicted molar refractivity (Wildman–Crippen MR) is 45.0 cm³/mol. The van der Waals surface area contributed by atoms with E-state index in [4.69, 9.17) is 5.11 Å². The highest BCUT2D eigenvalue weighted by Gasteiger charge is 2.23. The van der Waals surface area contributed by atoms with Gasteiger partial charge in [-0.25, -0.2) is 0 Å². The van der Waals surface area contributed by atoms with Gasteiger partial charge in [0.05, 0.1) is 0 Å². The van der Waals surface area contributed by atoms with Gasteiger partial charge >= 0.3 is 5.97 Å². The van der Waals surface area contributed by atoms with Crippen molar-refractivity contribution in [2.45, 2.75) is 32.4 Å². The SMILES string of the molecule is CC(C)N(C)C(CC=O)C(=O)O. The molecule has 0 heterocycles. The van der Waals surface area contributed by atoms with Crippen molar-refractivity contribution in [2.24, 2.45) is 0 Å². The van der Waals surface area contributed by atoms with Gasteiger partial charge < -0.3 is 9.90 Å². The Hall–Kier alpha value is -0.900. The summed E-state index contributed by atoms with van der Waals surface area (Å²) in [7, 11) is 1.70. The summed E-state index contributed by atoms with van der Waals surface area (Å²) < 4.78 is 0. The second-order valence-corrected chi connectivity index (χ2v) is 3.02. The van der Waals surface area contributed by atoms with Crippen LogP contribution in [-0.2, 0) is 9.59 Å². The number of rotatable bonds is 5. The number of aliphatic carboxylic acids is 1. The van der Waals surface area contributed by atoms with Gasteiger partial charge in [-0.15, -0.1) is 0 Å². The molecule has 0 aliphatic carbocycles. The minimum atomic E-state index is -0.946. The molecule has 70 valence electrons. The first-order chi connectivity index (χ1) is 5.50. The summed E-state index contributed by atoms with van der Waals surface area (Å²) >= 11 is 0. The molecule has 0 aliphatic rings. The molecule has 0 aromatic carbocycles. The van der Waals surface area contributed by atoms with Crippen LogP contribution >= 0.6 is 0 Å². The van der Waals surface area contributed by atoms with E-state index in [1.807, 2.05) is 13.8 Å². The Labute approximate surface area is 72.2 Å². The van der Waals surface area contributed by atoms with Gasteiger partial charge in [-0.05, 0) is 20.9 Å². The maximum absolute atomic E-state index is 10.6. The van der Waals surface area contributed by atoms with Crippen molar-refractivity contribution in [2.75, 3.05) is 7.05 Å². The second kappa shape index (κ2) is 4.87. The van der Waals surface area contributed by atoms with Crippen molar-refractivity contribution < 1.29 is 14.7 Å². The molecule has 0 radical (unpaired) electrons. The molecule has 1 unspecified atom stereocenters. The molecule has 0 aromatic heterocycles. The number of aldehydes is 1. The number of carboxylic acids is 1. The first-order valence-electron chi connectivity index (χ1n) is 3.89. The summed E-state index contributed by atoms with van der Waals surface area (Å²) in [4.78, 5) is 22.5. The van der Waals surface area contributed by atoms with Crippen LogP contribution in [0.4, 0.5) is 0 Å². The van der Waals surface area contributed by atoms with Gasteiger partial charge in [0.2, 0.25) is 0 Å². The molecule has 4 heteroatoms. The van der Waals surface area contributed by atoms with Gasteiger partial charge in [0.15, 0.2) is 0 Å². The first-order valence-corrected chi connectivity index (χ1v) is 3.89. The third kappa shape index (κ3) is 3.00.